The van der Waals surface area contributed by atoms with Crippen LogP contribution >= 0.6 is 11.9 Å². The molecule has 1 saturated carbocycles. The predicted octanol–water partition coefficient (Wildman–Crippen LogP) is 4.24. The molecule has 1 saturated heterocycles. The first-order valence-electron chi connectivity index (χ1n) is 11.7. The molecule has 5 rings (SSSR count). The van der Waals surface area contributed by atoms with Gasteiger partial charge in [0.2, 0.25) is 5.91 Å². The van der Waals surface area contributed by atoms with Crippen LogP contribution in [0, 0.1) is 11.7 Å². The Morgan fingerprint density at radius 2 is 2.15 bits per heavy atom. The minimum Gasteiger partial charge on any atom is -0.492 e. The number of likely N-dealkylation sites (tertiary alicyclic amines) is 1. The third-order valence-corrected chi connectivity index (χ3v) is 7.93. The molecule has 0 aromatic heterocycles. The molecular weight excluding hydrogens is 457 g/mol. The molecule has 180 valence electrons. The number of likely N-dealkylation sites (N-methyl/N-ethyl adjacent to an activating group) is 1. The largest absolute Gasteiger partial charge is 0.492 e. The van der Waals surface area contributed by atoms with Crippen LogP contribution in [0.3, 0.4) is 0 Å². The van der Waals surface area contributed by atoms with Crippen molar-refractivity contribution in [3.63, 3.8) is 0 Å². The quantitative estimate of drug-likeness (QED) is 0.482. The average molecular weight is 486 g/mol. The van der Waals surface area contributed by atoms with Crippen LogP contribution < -0.4 is 14.8 Å². The van der Waals surface area contributed by atoms with Crippen molar-refractivity contribution in [3.8, 4) is 5.75 Å². The summed E-state index contributed by atoms with van der Waals surface area (Å²) >= 11 is 1.19. The number of carbonyl (C=O) groups is 2. The molecule has 0 radical (unpaired) electrons. The number of ether oxygens (including phenoxy) is 1. The van der Waals surface area contributed by atoms with Gasteiger partial charge in [-0.25, -0.2) is 9.18 Å². The number of carboxylic acid groups (broad SMARTS) is 1. The topological polar surface area (TPSA) is 90.9 Å². The summed E-state index contributed by atoms with van der Waals surface area (Å²) in [7, 11) is 0. The van der Waals surface area contributed by atoms with Gasteiger partial charge in [0.05, 0.1) is 18.3 Å². The lowest BCUT2D eigenvalue weighted by Crippen LogP contribution is -2.42. The van der Waals surface area contributed by atoms with Crippen LogP contribution in [0.15, 0.2) is 35.2 Å². The van der Waals surface area contributed by atoms with Gasteiger partial charge in [0.1, 0.15) is 17.1 Å². The fourth-order valence-corrected chi connectivity index (χ4v) is 5.83. The summed E-state index contributed by atoms with van der Waals surface area (Å²) in [4.78, 5) is 27.6. The highest BCUT2D eigenvalue weighted by molar-refractivity contribution is 8.00. The molecule has 3 aliphatic rings. The molecule has 2 unspecified atom stereocenters. The van der Waals surface area contributed by atoms with Crippen molar-refractivity contribution in [2.24, 2.45) is 5.92 Å². The van der Waals surface area contributed by atoms with E-state index in [2.05, 4.69) is 14.9 Å². The number of benzene rings is 2. The van der Waals surface area contributed by atoms with Gasteiger partial charge in [-0.05, 0) is 85.6 Å². The van der Waals surface area contributed by atoms with Crippen molar-refractivity contribution in [1.29, 1.82) is 0 Å². The van der Waals surface area contributed by atoms with Crippen molar-refractivity contribution in [2.45, 2.75) is 49.6 Å². The van der Waals surface area contributed by atoms with Gasteiger partial charge >= 0.3 is 5.97 Å². The van der Waals surface area contributed by atoms with E-state index in [0.717, 1.165) is 37.9 Å². The van der Waals surface area contributed by atoms with Crippen LogP contribution in [0.4, 0.5) is 10.1 Å². The summed E-state index contributed by atoms with van der Waals surface area (Å²) in [6, 6.07) is 7.94. The SMILES string of the molecule is CCN1CCC[C@@H]1C(=O)NCc1cc(F)ccc1SNc1ccc2c(c1C(=O)O)OCC1CC21. The van der Waals surface area contributed by atoms with Crippen LogP contribution in [0.1, 0.15) is 53.6 Å². The van der Waals surface area contributed by atoms with E-state index in [0.29, 0.717) is 40.3 Å². The van der Waals surface area contributed by atoms with Crippen LogP contribution in [0.5, 0.6) is 5.75 Å². The zero-order valence-electron chi connectivity index (χ0n) is 19.0. The van der Waals surface area contributed by atoms with Crippen LogP contribution in [0.2, 0.25) is 0 Å². The van der Waals surface area contributed by atoms with Crippen molar-refractivity contribution in [1.82, 2.24) is 10.2 Å². The lowest BCUT2D eigenvalue weighted by atomic mass is 10.0. The third-order valence-electron chi connectivity index (χ3n) is 6.98. The Hall–Kier alpha value is -2.78. The molecule has 1 amide bonds. The van der Waals surface area contributed by atoms with Crippen molar-refractivity contribution >= 4 is 29.5 Å². The number of carboxylic acids is 1. The fraction of sp³-hybridized carbons (Fsp3) is 0.440. The number of hydrogen-bond acceptors (Lipinski definition) is 6. The summed E-state index contributed by atoms with van der Waals surface area (Å²) in [5.41, 5.74) is 2.13. The number of nitrogens with one attached hydrogen (secondary N) is 2. The highest BCUT2D eigenvalue weighted by atomic mass is 32.2. The van der Waals surface area contributed by atoms with Gasteiger partial charge in [-0.1, -0.05) is 13.0 Å². The van der Waals surface area contributed by atoms with E-state index in [1.165, 1.54) is 24.1 Å². The zero-order valence-corrected chi connectivity index (χ0v) is 19.8. The Kier molecular flexibility index (Phi) is 6.40. The molecule has 2 aliphatic heterocycles. The zero-order chi connectivity index (χ0) is 23.8. The van der Waals surface area contributed by atoms with Gasteiger partial charge in [0.15, 0.2) is 0 Å². The Morgan fingerprint density at radius 1 is 1.29 bits per heavy atom. The van der Waals surface area contributed by atoms with E-state index in [-0.39, 0.29) is 24.1 Å². The highest BCUT2D eigenvalue weighted by Crippen LogP contribution is 2.55. The highest BCUT2D eigenvalue weighted by Gasteiger charge is 2.45. The first kappa shape index (κ1) is 23.0. The standard InChI is InChI=1S/C25H28FN3O4S/c1-2-29-9-3-4-20(29)24(30)27-12-14-10-16(26)5-8-21(14)34-28-19-7-6-17-18-11-15(18)13-33-23(17)22(19)25(31)32/h5-8,10,15,18,20,28H,2-4,9,11-13H2,1H3,(H,27,30)(H,31,32)/t15?,18?,20-/m1/s1. The van der Waals surface area contributed by atoms with Gasteiger partial charge in [-0.15, -0.1) is 0 Å². The summed E-state index contributed by atoms with van der Waals surface area (Å²) in [5, 5.41) is 12.8. The molecule has 2 aromatic carbocycles. The maximum absolute atomic E-state index is 14.0. The van der Waals surface area contributed by atoms with Crippen LogP contribution in [-0.2, 0) is 11.3 Å². The number of nitrogens with zero attached hydrogens (tertiary/aromatic N) is 1. The minimum atomic E-state index is -1.05. The second-order valence-corrected chi connectivity index (χ2v) is 9.93. The Labute approximate surface area is 202 Å². The van der Waals surface area contributed by atoms with E-state index in [1.54, 1.807) is 12.1 Å². The lowest BCUT2D eigenvalue weighted by Gasteiger charge is -2.22. The first-order chi connectivity index (χ1) is 16.5. The summed E-state index contributed by atoms with van der Waals surface area (Å²) in [6.45, 7) is 4.51. The lowest BCUT2D eigenvalue weighted by molar-refractivity contribution is -0.125. The van der Waals surface area contributed by atoms with Gasteiger partial charge in [-0.2, -0.15) is 0 Å². The Bertz CT molecular complexity index is 1130. The van der Waals surface area contributed by atoms with E-state index in [9.17, 15) is 19.1 Å². The number of aromatic carboxylic acids is 1. The van der Waals surface area contributed by atoms with E-state index < -0.39 is 11.8 Å². The molecule has 34 heavy (non-hydrogen) atoms. The first-order valence-corrected chi connectivity index (χ1v) is 12.5. The monoisotopic (exact) mass is 485 g/mol. The van der Waals surface area contributed by atoms with Gasteiger partial charge in [0, 0.05) is 17.4 Å². The molecule has 2 aromatic rings. The van der Waals surface area contributed by atoms with E-state index >= 15 is 0 Å². The van der Waals surface area contributed by atoms with Crippen LogP contribution in [-0.4, -0.2) is 47.6 Å². The smallest absolute Gasteiger partial charge is 0.341 e. The second-order valence-electron chi connectivity index (χ2n) is 9.09. The van der Waals surface area contributed by atoms with Crippen molar-refractivity contribution < 1.29 is 23.8 Å². The number of halogens is 1. The number of amides is 1. The maximum Gasteiger partial charge on any atom is 0.341 e. The molecule has 2 heterocycles. The Balaban J connectivity index is 1.31. The van der Waals surface area contributed by atoms with E-state index in [4.69, 9.17) is 4.74 Å². The third kappa shape index (κ3) is 4.46. The number of rotatable bonds is 8. The number of hydrogen-bond donors (Lipinski definition) is 3. The van der Waals surface area contributed by atoms with Gasteiger partial charge < -0.3 is 19.9 Å². The van der Waals surface area contributed by atoms with Crippen LogP contribution in [0.25, 0.3) is 0 Å². The molecule has 2 fully saturated rings. The van der Waals surface area contributed by atoms with Gasteiger partial charge in [-0.3, -0.25) is 9.69 Å². The van der Waals surface area contributed by atoms with Crippen molar-refractivity contribution in [2.75, 3.05) is 24.4 Å². The fourth-order valence-electron chi connectivity index (χ4n) is 5.04. The molecule has 9 heteroatoms. The number of carbonyl (C=O) groups excluding carboxylic acids is 1. The van der Waals surface area contributed by atoms with Gasteiger partial charge in [0.25, 0.3) is 0 Å². The normalized spacial score (nSPS) is 22.9. The molecule has 3 N–H and O–H groups in total. The predicted molar refractivity (Wildman–Crippen MR) is 128 cm³/mol. The molecule has 0 bridgehead atoms. The van der Waals surface area contributed by atoms with Crippen molar-refractivity contribution in [3.05, 3.63) is 52.8 Å². The summed E-state index contributed by atoms with van der Waals surface area (Å²) in [5.74, 6) is -0.168. The number of fused-ring (bicyclic) bond motifs is 3. The molecular formula is C25H28FN3O4S. The molecule has 1 aliphatic carbocycles. The molecule has 3 atom stereocenters. The Morgan fingerprint density at radius 3 is 2.94 bits per heavy atom. The summed E-state index contributed by atoms with van der Waals surface area (Å²) in [6.07, 6.45) is 2.86. The number of anilines is 1. The second kappa shape index (κ2) is 9.46. The molecule has 0 spiro atoms. The minimum absolute atomic E-state index is 0.0501. The average Bonchev–Trinajstić information content (AvgIpc) is 3.48. The maximum atomic E-state index is 14.0. The molecule has 7 nitrogen and oxygen atoms in total. The van der Waals surface area contributed by atoms with E-state index in [1.807, 2.05) is 13.0 Å². The summed E-state index contributed by atoms with van der Waals surface area (Å²) < 4.78 is 22.9.